The van der Waals surface area contributed by atoms with Gasteiger partial charge in [0.15, 0.2) is 0 Å². The topological polar surface area (TPSA) is 95.5 Å². The first kappa shape index (κ1) is 16.7. The molecule has 0 unspecified atom stereocenters. The first-order valence-electron chi connectivity index (χ1n) is 8.02. The second-order valence-electron chi connectivity index (χ2n) is 6.32. The summed E-state index contributed by atoms with van der Waals surface area (Å²) in [5.41, 5.74) is 6.38. The minimum absolute atomic E-state index is 0.0670. The van der Waals surface area contributed by atoms with Gasteiger partial charge in [-0.25, -0.2) is 0 Å². The molecule has 2 amide bonds. The highest BCUT2D eigenvalue weighted by Gasteiger charge is 2.51. The largest absolute Gasteiger partial charge is 0.481 e. The number of carbonyl (C=O) groups is 3. The quantitative estimate of drug-likeness (QED) is 0.572. The van der Waals surface area contributed by atoms with E-state index in [4.69, 9.17) is 0 Å². The van der Waals surface area contributed by atoms with E-state index >= 15 is 0 Å². The fourth-order valence-corrected chi connectivity index (χ4v) is 4.84. The monoisotopic (exact) mass is 348 g/mol. The van der Waals surface area contributed by atoms with Gasteiger partial charge in [-0.15, -0.1) is 11.3 Å². The minimum Gasteiger partial charge on any atom is -0.481 e. The Morgan fingerprint density at radius 3 is 2.50 bits per heavy atom. The molecule has 24 heavy (non-hydrogen) atoms. The van der Waals surface area contributed by atoms with Crippen LogP contribution in [0.2, 0.25) is 0 Å². The Morgan fingerprint density at radius 1 is 1.21 bits per heavy atom. The van der Waals surface area contributed by atoms with Gasteiger partial charge in [0.1, 0.15) is 0 Å². The van der Waals surface area contributed by atoms with Crippen molar-refractivity contribution in [3.05, 3.63) is 33.5 Å². The lowest BCUT2D eigenvalue weighted by molar-refractivity contribution is -0.148. The van der Waals surface area contributed by atoms with Crippen LogP contribution in [-0.2, 0) is 16.0 Å². The SMILES string of the molecule is CCc1c(C(=O)NNC(=O)[C@@H]2[C@H](C(=O)O)[C@H]3C=C[C@H]2C3)csc1C. The molecular weight excluding hydrogens is 328 g/mol. The van der Waals surface area contributed by atoms with Crippen molar-refractivity contribution < 1.29 is 19.5 Å². The Kier molecular flexibility index (Phi) is 4.45. The molecule has 0 aliphatic heterocycles. The van der Waals surface area contributed by atoms with Crippen molar-refractivity contribution in [2.45, 2.75) is 26.7 Å². The summed E-state index contributed by atoms with van der Waals surface area (Å²) in [7, 11) is 0. The predicted molar refractivity (Wildman–Crippen MR) is 89.4 cm³/mol. The fraction of sp³-hybridized carbons (Fsp3) is 0.471. The predicted octanol–water partition coefficient (Wildman–Crippen LogP) is 1.90. The molecular formula is C17H20N2O4S. The van der Waals surface area contributed by atoms with E-state index in [1.54, 1.807) is 5.38 Å². The van der Waals surface area contributed by atoms with Crippen LogP contribution in [0.1, 0.15) is 34.1 Å². The highest BCUT2D eigenvalue weighted by Crippen LogP contribution is 2.48. The van der Waals surface area contributed by atoms with Gasteiger partial charge in [0.2, 0.25) is 5.91 Å². The number of carboxylic acids is 1. The maximum atomic E-state index is 12.4. The van der Waals surface area contributed by atoms with Gasteiger partial charge in [-0.05, 0) is 37.2 Å². The summed E-state index contributed by atoms with van der Waals surface area (Å²) in [4.78, 5) is 37.2. The van der Waals surface area contributed by atoms with Crippen LogP contribution in [-0.4, -0.2) is 22.9 Å². The molecule has 3 rings (SSSR count). The van der Waals surface area contributed by atoms with Crippen molar-refractivity contribution in [3.8, 4) is 0 Å². The Morgan fingerprint density at radius 2 is 1.88 bits per heavy atom. The maximum absolute atomic E-state index is 12.4. The molecule has 1 aromatic rings. The van der Waals surface area contributed by atoms with Crippen molar-refractivity contribution in [1.29, 1.82) is 0 Å². The zero-order valence-electron chi connectivity index (χ0n) is 13.5. The van der Waals surface area contributed by atoms with Gasteiger partial charge < -0.3 is 5.11 Å². The fourth-order valence-electron chi connectivity index (χ4n) is 3.89. The van der Waals surface area contributed by atoms with Crippen LogP contribution in [0.5, 0.6) is 0 Å². The van der Waals surface area contributed by atoms with Crippen LogP contribution >= 0.6 is 11.3 Å². The number of hydrogen-bond donors (Lipinski definition) is 3. The van der Waals surface area contributed by atoms with Crippen LogP contribution in [0, 0.1) is 30.6 Å². The van der Waals surface area contributed by atoms with Crippen molar-refractivity contribution in [2.24, 2.45) is 23.7 Å². The maximum Gasteiger partial charge on any atom is 0.307 e. The van der Waals surface area contributed by atoms with E-state index in [1.807, 2.05) is 26.0 Å². The number of rotatable bonds is 4. The second-order valence-corrected chi connectivity index (χ2v) is 7.40. The number of nitrogens with one attached hydrogen (secondary N) is 2. The van der Waals surface area contributed by atoms with Gasteiger partial charge in [-0.3, -0.25) is 25.2 Å². The van der Waals surface area contributed by atoms with Crippen LogP contribution in [0.25, 0.3) is 0 Å². The molecule has 3 N–H and O–H groups in total. The third-order valence-corrected chi connectivity index (χ3v) is 6.00. The molecule has 7 heteroatoms. The molecule has 0 radical (unpaired) electrons. The summed E-state index contributed by atoms with van der Waals surface area (Å²) >= 11 is 1.50. The first-order valence-corrected chi connectivity index (χ1v) is 8.90. The summed E-state index contributed by atoms with van der Waals surface area (Å²) in [5, 5.41) is 11.2. The third kappa shape index (κ3) is 2.73. The number of amides is 2. The van der Waals surface area contributed by atoms with Crippen molar-refractivity contribution >= 4 is 29.1 Å². The molecule has 2 bridgehead atoms. The number of allylic oxidation sites excluding steroid dienone is 2. The number of hydrazine groups is 1. The van der Waals surface area contributed by atoms with E-state index in [1.165, 1.54) is 11.3 Å². The molecule has 2 aliphatic rings. The first-order chi connectivity index (χ1) is 11.4. The van der Waals surface area contributed by atoms with E-state index in [2.05, 4.69) is 10.9 Å². The molecule has 0 spiro atoms. The van der Waals surface area contributed by atoms with Crippen LogP contribution in [0.15, 0.2) is 17.5 Å². The van der Waals surface area contributed by atoms with Crippen LogP contribution < -0.4 is 10.9 Å². The summed E-state index contributed by atoms with van der Waals surface area (Å²) in [5.74, 6) is -3.26. The molecule has 2 aliphatic carbocycles. The standard InChI is InChI=1S/C17H20N2O4S/c1-3-11-8(2)24-7-12(11)15(20)18-19-16(21)13-9-4-5-10(6-9)14(13)17(22)23/h4-5,7,9-10,13-14H,3,6H2,1-2H3,(H,18,20)(H,19,21)(H,22,23)/t9-,10-,13-,14+/m0/s1. The number of aryl methyl sites for hydroxylation is 1. The van der Waals surface area contributed by atoms with Crippen molar-refractivity contribution in [1.82, 2.24) is 10.9 Å². The molecule has 1 heterocycles. The summed E-state index contributed by atoms with van der Waals surface area (Å²) in [6, 6.07) is 0. The lowest BCUT2D eigenvalue weighted by Crippen LogP contribution is -2.48. The normalized spacial score (nSPS) is 27.2. The molecule has 1 saturated carbocycles. The minimum atomic E-state index is -0.958. The van der Waals surface area contributed by atoms with E-state index in [9.17, 15) is 19.5 Å². The molecule has 1 fully saturated rings. The van der Waals surface area contributed by atoms with E-state index in [0.717, 1.165) is 16.9 Å². The highest BCUT2D eigenvalue weighted by atomic mass is 32.1. The van der Waals surface area contributed by atoms with Crippen molar-refractivity contribution in [3.63, 3.8) is 0 Å². The van der Waals surface area contributed by atoms with Gasteiger partial charge in [-0.2, -0.15) is 0 Å². The molecule has 0 aromatic carbocycles. The average Bonchev–Trinajstić information content (AvgIpc) is 3.25. The Bertz CT molecular complexity index is 724. The number of hydrogen-bond acceptors (Lipinski definition) is 4. The molecule has 4 atom stereocenters. The lowest BCUT2D eigenvalue weighted by atomic mass is 9.82. The highest BCUT2D eigenvalue weighted by molar-refractivity contribution is 7.10. The number of fused-ring (bicyclic) bond motifs is 2. The van der Waals surface area contributed by atoms with Gasteiger partial charge in [0, 0.05) is 10.3 Å². The van der Waals surface area contributed by atoms with Gasteiger partial charge in [0.25, 0.3) is 5.91 Å². The van der Waals surface area contributed by atoms with Crippen LogP contribution in [0.4, 0.5) is 0 Å². The molecule has 6 nitrogen and oxygen atoms in total. The second kappa shape index (κ2) is 6.39. The van der Waals surface area contributed by atoms with E-state index in [-0.39, 0.29) is 17.7 Å². The van der Waals surface area contributed by atoms with Crippen molar-refractivity contribution in [2.75, 3.05) is 0 Å². The number of thiophene rings is 1. The summed E-state index contributed by atoms with van der Waals surface area (Å²) in [6.07, 6.45) is 5.22. The number of carbonyl (C=O) groups excluding carboxylic acids is 2. The van der Waals surface area contributed by atoms with Gasteiger partial charge in [-0.1, -0.05) is 19.1 Å². The average molecular weight is 348 g/mol. The van der Waals surface area contributed by atoms with Gasteiger partial charge >= 0.3 is 5.97 Å². The third-order valence-electron chi connectivity index (χ3n) is 5.05. The Balaban J connectivity index is 1.66. The van der Waals surface area contributed by atoms with E-state index in [0.29, 0.717) is 12.0 Å². The summed E-state index contributed by atoms with van der Waals surface area (Å²) < 4.78 is 0. The smallest absolute Gasteiger partial charge is 0.307 e. The molecule has 128 valence electrons. The van der Waals surface area contributed by atoms with E-state index < -0.39 is 23.7 Å². The zero-order chi connectivity index (χ0) is 17.4. The van der Waals surface area contributed by atoms with Crippen LogP contribution in [0.3, 0.4) is 0 Å². The number of carboxylic acid groups (broad SMARTS) is 1. The number of aliphatic carboxylic acids is 1. The lowest BCUT2D eigenvalue weighted by Gasteiger charge is -2.23. The zero-order valence-corrected chi connectivity index (χ0v) is 14.4. The summed E-state index contributed by atoms with van der Waals surface area (Å²) in [6.45, 7) is 3.93. The Hall–Kier alpha value is -2.15. The van der Waals surface area contributed by atoms with Gasteiger partial charge in [0.05, 0.1) is 17.4 Å². The molecule has 1 aromatic heterocycles. The Labute approximate surface area is 143 Å². The molecule has 0 saturated heterocycles.